The third-order valence-electron chi connectivity index (χ3n) is 5.57. The van der Waals surface area contributed by atoms with Crippen molar-refractivity contribution < 1.29 is 9.18 Å². The highest BCUT2D eigenvalue weighted by Gasteiger charge is 2.35. The second-order valence-corrected chi connectivity index (χ2v) is 8.70. The molecular formula is C20H26ClFN8O. The zero-order valence-corrected chi connectivity index (χ0v) is 18.1. The molecule has 3 atom stereocenters. The average molecular weight is 449 g/mol. The molecular weight excluding hydrogens is 423 g/mol. The van der Waals surface area contributed by atoms with Gasteiger partial charge in [0.2, 0.25) is 0 Å². The molecule has 31 heavy (non-hydrogen) atoms. The standard InChI is InChI=1S/C20H26ClFN8O/c1-30(2)19(31)27-12-4-3-5-20(23,7-12)29-18-15(22)10-26-17(28-18)14-9-25-16-13(14)6-11(21)8-24-16/h6,8-10,12,16,24-25H,3-5,7,23H2,1-2H3,(H,27,31)(H,26,28,29)/t12-,16?,20+/m0/s1. The molecule has 3 aliphatic rings. The Bertz CT molecular complexity index is 978. The number of nitrogens with one attached hydrogen (secondary N) is 4. The number of hydrogen-bond donors (Lipinski definition) is 5. The number of dihydropyridines is 1. The van der Waals surface area contributed by atoms with E-state index in [-0.39, 0.29) is 24.1 Å². The van der Waals surface area contributed by atoms with Crippen molar-refractivity contribution in [2.75, 3.05) is 19.4 Å². The number of fused-ring (bicyclic) bond motifs is 1. The molecule has 166 valence electrons. The topological polar surface area (TPSA) is 120 Å². The lowest BCUT2D eigenvalue weighted by Gasteiger charge is -2.39. The number of carbonyl (C=O) groups excluding carboxylic acids is 1. The van der Waals surface area contributed by atoms with Gasteiger partial charge in [-0.2, -0.15) is 0 Å². The minimum atomic E-state index is -0.905. The molecule has 4 rings (SSSR count). The summed E-state index contributed by atoms with van der Waals surface area (Å²) in [4.78, 5) is 22.0. The van der Waals surface area contributed by atoms with Gasteiger partial charge in [-0.15, -0.1) is 0 Å². The van der Waals surface area contributed by atoms with Crippen LogP contribution in [0.1, 0.15) is 31.5 Å². The molecule has 1 aromatic heterocycles. The first-order valence-corrected chi connectivity index (χ1v) is 10.5. The zero-order chi connectivity index (χ0) is 22.2. The van der Waals surface area contributed by atoms with Crippen LogP contribution in [0, 0.1) is 5.82 Å². The van der Waals surface area contributed by atoms with Gasteiger partial charge in [0.15, 0.2) is 17.5 Å². The maximum atomic E-state index is 14.6. The first-order valence-electron chi connectivity index (χ1n) is 10.1. The van der Waals surface area contributed by atoms with Gasteiger partial charge >= 0.3 is 6.03 Å². The van der Waals surface area contributed by atoms with Crippen LogP contribution in [0.2, 0.25) is 0 Å². The summed E-state index contributed by atoms with van der Waals surface area (Å²) < 4.78 is 14.6. The van der Waals surface area contributed by atoms with Crippen LogP contribution < -0.4 is 27.0 Å². The van der Waals surface area contributed by atoms with Gasteiger partial charge in [0, 0.05) is 50.1 Å². The monoisotopic (exact) mass is 448 g/mol. The van der Waals surface area contributed by atoms with Crippen molar-refractivity contribution in [3.05, 3.63) is 46.9 Å². The van der Waals surface area contributed by atoms with E-state index in [9.17, 15) is 9.18 Å². The normalized spacial score (nSPS) is 27.1. The molecule has 1 unspecified atom stereocenters. The maximum Gasteiger partial charge on any atom is 0.317 e. The third-order valence-corrected chi connectivity index (χ3v) is 5.79. The molecule has 9 nitrogen and oxygen atoms in total. The Balaban J connectivity index is 1.53. The lowest BCUT2D eigenvalue weighted by atomic mass is 9.86. The first kappa shape index (κ1) is 21.4. The molecule has 1 saturated carbocycles. The average Bonchev–Trinajstić information content (AvgIpc) is 3.12. The lowest BCUT2D eigenvalue weighted by Crippen LogP contribution is -2.56. The molecule has 1 fully saturated rings. The van der Waals surface area contributed by atoms with E-state index in [1.807, 2.05) is 6.08 Å². The third kappa shape index (κ3) is 4.59. The quantitative estimate of drug-likeness (QED) is 0.445. The van der Waals surface area contributed by atoms with Gasteiger partial charge in [0.1, 0.15) is 6.17 Å². The van der Waals surface area contributed by atoms with Crippen LogP contribution >= 0.6 is 11.6 Å². The Hall–Kier alpha value is -2.85. The van der Waals surface area contributed by atoms with Crippen molar-refractivity contribution in [3.8, 4) is 0 Å². The zero-order valence-electron chi connectivity index (χ0n) is 17.4. The van der Waals surface area contributed by atoms with Crippen LogP contribution in [0.3, 0.4) is 0 Å². The number of rotatable bonds is 4. The molecule has 3 heterocycles. The van der Waals surface area contributed by atoms with Crippen molar-refractivity contribution in [3.63, 3.8) is 0 Å². The van der Waals surface area contributed by atoms with Gasteiger partial charge < -0.3 is 31.9 Å². The Kier molecular flexibility index (Phi) is 5.76. The van der Waals surface area contributed by atoms with E-state index in [0.29, 0.717) is 23.7 Å². The first-order chi connectivity index (χ1) is 14.7. The number of anilines is 1. The number of nitrogens with two attached hydrogens (primary N) is 1. The summed E-state index contributed by atoms with van der Waals surface area (Å²) in [7, 11) is 3.36. The number of nitrogens with zero attached hydrogens (tertiary/aromatic N) is 3. The molecule has 1 aliphatic carbocycles. The van der Waals surface area contributed by atoms with Gasteiger partial charge in [0.05, 0.1) is 16.9 Å². The van der Waals surface area contributed by atoms with Crippen LogP contribution in [-0.4, -0.2) is 52.9 Å². The van der Waals surface area contributed by atoms with Crippen LogP contribution in [0.4, 0.5) is 15.0 Å². The van der Waals surface area contributed by atoms with Crippen LogP contribution in [0.5, 0.6) is 0 Å². The van der Waals surface area contributed by atoms with Crippen molar-refractivity contribution in [2.24, 2.45) is 5.73 Å². The molecule has 1 aromatic rings. The summed E-state index contributed by atoms with van der Waals surface area (Å²) in [5, 5.41) is 12.9. The lowest BCUT2D eigenvalue weighted by molar-refractivity contribution is 0.201. The maximum absolute atomic E-state index is 14.6. The summed E-state index contributed by atoms with van der Waals surface area (Å²) in [6.45, 7) is 0. The van der Waals surface area contributed by atoms with Gasteiger partial charge in [-0.05, 0) is 25.3 Å². The van der Waals surface area contributed by atoms with Gasteiger partial charge in [-0.25, -0.2) is 19.2 Å². The molecule has 0 spiro atoms. The second kappa shape index (κ2) is 8.35. The fourth-order valence-corrected chi connectivity index (χ4v) is 4.19. The molecule has 0 radical (unpaired) electrons. The fraction of sp³-hybridized carbons (Fsp3) is 0.450. The highest BCUT2D eigenvalue weighted by molar-refractivity contribution is 6.31. The summed E-state index contributed by atoms with van der Waals surface area (Å²) in [5.74, 6) is -0.206. The molecule has 0 aromatic carbocycles. The number of halogens is 2. The van der Waals surface area contributed by atoms with Crippen molar-refractivity contribution in [2.45, 2.75) is 43.6 Å². The number of amides is 2. The van der Waals surface area contributed by atoms with Crippen LogP contribution in [0.25, 0.3) is 5.57 Å². The predicted octanol–water partition coefficient (Wildman–Crippen LogP) is 1.78. The van der Waals surface area contributed by atoms with Crippen molar-refractivity contribution in [1.29, 1.82) is 0 Å². The predicted molar refractivity (Wildman–Crippen MR) is 117 cm³/mol. The van der Waals surface area contributed by atoms with Gasteiger partial charge in [0.25, 0.3) is 0 Å². The van der Waals surface area contributed by atoms with E-state index in [1.165, 1.54) is 4.90 Å². The summed E-state index contributed by atoms with van der Waals surface area (Å²) >= 11 is 6.11. The van der Waals surface area contributed by atoms with Crippen molar-refractivity contribution in [1.82, 2.24) is 30.8 Å². The van der Waals surface area contributed by atoms with E-state index >= 15 is 0 Å². The summed E-state index contributed by atoms with van der Waals surface area (Å²) in [6, 6.07) is -0.289. The highest BCUT2D eigenvalue weighted by Crippen LogP contribution is 2.32. The Morgan fingerprint density at radius 2 is 2.16 bits per heavy atom. The Morgan fingerprint density at radius 1 is 1.39 bits per heavy atom. The van der Waals surface area contributed by atoms with Crippen LogP contribution in [-0.2, 0) is 0 Å². The molecule has 0 saturated heterocycles. The minimum Gasteiger partial charge on any atom is -0.367 e. The second-order valence-electron chi connectivity index (χ2n) is 8.26. The highest BCUT2D eigenvalue weighted by atomic mass is 35.5. The van der Waals surface area contributed by atoms with E-state index in [4.69, 9.17) is 17.3 Å². The molecule has 6 N–H and O–H groups in total. The Labute approximate surface area is 185 Å². The van der Waals surface area contributed by atoms with E-state index in [2.05, 4.69) is 31.2 Å². The van der Waals surface area contributed by atoms with E-state index in [0.717, 1.165) is 30.2 Å². The molecule has 2 aliphatic heterocycles. The molecule has 0 bridgehead atoms. The van der Waals surface area contributed by atoms with Gasteiger partial charge in [-0.1, -0.05) is 11.6 Å². The molecule has 11 heteroatoms. The Morgan fingerprint density at radius 3 is 2.94 bits per heavy atom. The molecule has 2 amide bonds. The fourth-order valence-electron chi connectivity index (χ4n) is 4.01. The van der Waals surface area contributed by atoms with Crippen LogP contribution in [0.15, 0.2) is 35.3 Å². The van der Waals surface area contributed by atoms with E-state index in [1.54, 1.807) is 26.5 Å². The number of carbonyl (C=O) groups is 1. The van der Waals surface area contributed by atoms with Crippen molar-refractivity contribution >= 4 is 29.0 Å². The SMILES string of the molecule is CN(C)C(=O)N[C@H]1CCC[C@@](N)(Nc2nc(C3=CNC4NC=C(Cl)C=C34)ncc2F)C1. The number of aromatic nitrogens is 2. The largest absolute Gasteiger partial charge is 0.367 e. The van der Waals surface area contributed by atoms with E-state index < -0.39 is 11.5 Å². The van der Waals surface area contributed by atoms with Gasteiger partial charge in [-0.3, -0.25) is 0 Å². The number of allylic oxidation sites excluding steroid dienone is 2. The summed E-state index contributed by atoms with van der Waals surface area (Å²) in [6.07, 6.45) is 8.97. The number of urea groups is 1. The minimum absolute atomic E-state index is 0.0300. The summed E-state index contributed by atoms with van der Waals surface area (Å²) in [5.41, 5.74) is 7.24. The number of hydrogen-bond acceptors (Lipinski definition) is 7. The smallest absolute Gasteiger partial charge is 0.317 e.